The van der Waals surface area contributed by atoms with E-state index in [1.165, 1.54) is 18.9 Å². The lowest BCUT2D eigenvalue weighted by Crippen LogP contribution is -2.33. The molecule has 7 nitrogen and oxygen atoms in total. The summed E-state index contributed by atoms with van der Waals surface area (Å²) < 4.78 is 5.26. The van der Waals surface area contributed by atoms with Crippen LogP contribution in [0.25, 0.3) is 0 Å². The third-order valence-corrected chi connectivity index (χ3v) is 3.68. The first-order chi connectivity index (χ1) is 10.9. The van der Waals surface area contributed by atoms with Crippen molar-refractivity contribution in [3.05, 3.63) is 41.2 Å². The van der Waals surface area contributed by atoms with Crippen LogP contribution < -0.4 is 4.74 Å². The van der Waals surface area contributed by atoms with E-state index in [1.807, 2.05) is 0 Å². The van der Waals surface area contributed by atoms with Crippen LogP contribution in [0.2, 0.25) is 0 Å². The lowest BCUT2D eigenvalue weighted by Gasteiger charge is -2.27. The molecule has 1 atom stereocenters. The number of carboxylic acid groups (broad SMARTS) is 1. The first-order valence-electron chi connectivity index (χ1n) is 6.98. The van der Waals surface area contributed by atoms with Crippen molar-refractivity contribution in [2.24, 2.45) is 0 Å². The van der Waals surface area contributed by atoms with Gasteiger partial charge < -0.3 is 19.8 Å². The molecule has 0 saturated heterocycles. The minimum absolute atomic E-state index is 0.0510. The van der Waals surface area contributed by atoms with Gasteiger partial charge in [0.2, 0.25) is 0 Å². The Morgan fingerprint density at radius 2 is 1.96 bits per heavy atom. The maximum atomic E-state index is 12.2. The molecule has 1 heterocycles. The Morgan fingerprint density at radius 1 is 1.30 bits per heavy atom. The van der Waals surface area contributed by atoms with Gasteiger partial charge in [-0.1, -0.05) is 18.2 Å². The summed E-state index contributed by atoms with van der Waals surface area (Å²) >= 11 is 0. The molecule has 0 unspecified atom stereocenters. The molecule has 1 amide bonds. The maximum Gasteiger partial charge on any atom is 0.305 e. The molecule has 122 valence electrons. The smallest absolute Gasteiger partial charge is 0.305 e. The van der Waals surface area contributed by atoms with E-state index in [0.717, 1.165) is 0 Å². The lowest BCUT2D eigenvalue weighted by atomic mass is 9.96. The third kappa shape index (κ3) is 3.03. The van der Waals surface area contributed by atoms with Crippen molar-refractivity contribution in [3.8, 4) is 5.75 Å². The summed E-state index contributed by atoms with van der Waals surface area (Å²) in [5, 5.41) is 18.9. The number of rotatable bonds is 6. The highest BCUT2D eigenvalue weighted by atomic mass is 16.5. The summed E-state index contributed by atoms with van der Waals surface area (Å²) in [6.45, 7) is 1.12. The average Bonchev–Trinajstić information content (AvgIpc) is 2.76. The van der Waals surface area contributed by atoms with Gasteiger partial charge in [-0.3, -0.25) is 14.4 Å². The first-order valence-corrected chi connectivity index (χ1v) is 6.98. The number of aliphatic carboxylic acids is 1. The second kappa shape index (κ2) is 6.51. The number of carboxylic acids is 1. The van der Waals surface area contributed by atoms with Gasteiger partial charge in [0.1, 0.15) is 5.75 Å². The zero-order valence-electron chi connectivity index (χ0n) is 12.8. The second-order valence-corrected chi connectivity index (χ2v) is 5.11. The van der Waals surface area contributed by atoms with Crippen LogP contribution in [0.1, 0.15) is 24.9 Å². The number of aliphatic hydroxyl groups excluding tert-OH is 1. The highest BCUT2D eigenvalue weighted by Gasteiger charge is 2.43. The minimum Gasteiger partial charge on any atom is -0.503 e. The molecule has 0 aliphatic carbocycles. The largest absolute Gasteiger partial charge is 0.503 e. The van der Waals surface area contributed by atoms with Crippen molar-refractivity contribution in [1.82, 2.24) is 4.90 Å². The fourth-order valence-corrected chi connectivity index (χ4v) is 2.68. The van der Waals surface area contributed by atoms with Crippen LogP contribution in [0.3, 0.4) is 0 Å². The Hall–Kier alpha value is -2.83. The normalized spacial score (nSPS) is 17.6. The van der Waals surface area contributed by atoms with E-state index in [0.29, 0.717) is 11.3 Å². The molecule has 2 N–H and O–H groups in total. The number of ether oxygens (including phenoxy) is 1. The molecule has 23 heavy (non-hydrogen) atoms. The van der Waals surface area contributed by atoms with E-state index >= 15 is 0 Å². The number of para-hydroxylation sites is 1. The quantitative estimate of drug-likeness (QED) is 0.822. The van der Waals surface area contributed by atoms with Crippen molar-refractivity contribution in [3.63, 3.8) is 0 Å². The summed E-state index contributed by atoms with van der Waals surface area (Å²) in [6.07, 6.45) is -0.296. The van der Waals surface area contributed by atoms with Gasteiger partial charge in [-0.25, -0.2) is 0 Å². The number of methoxy groups -OCH3 is 1. The van der Waals surface area contributed by atoms with Crippen molar-refractivity contribution in [2.45, 2.75) is 19.4 Å². The Morgan fingerprint density at radius 3 is 2.52 bits per heavy atom. The van der Waals surface area contributed by atoms with Crippen LogP contribution in [0.15, 0.2) is 35.6 Å². The molecule has 0 spiro atoms. The summed E-state index contributed by atoms with van der Waals surface area (Å²) in [4.78, 5) is 36.2. The van der Waals surface area contributed by atoms with Gasteiger partial charge in [-0.15, -0.1) is 0 Å². The number of carbonyl (C=O) groups excluding carboxylic acids is 2. The van der Waals surface area contributed by atoms with Gasteiger partial charge >= 0.3 is 5.97 Å². The molecule has 7 heteroatoms. The average molecular weight is 319 g/mol. The standard InChI is InChI=1S/C16H17NO6/c1-9(18)13-14(10-5-3-4-6-11(10)23-2)17(8-7-12(19)20)16(22)15(13)21/h3-6,14,21H,7-8H2,1-2H3,(H,19,20)/t14-/m0/s1. The zero-order valence-corrected chi connectivity index (χ0v) is 12.8. The molecule has 0 saturated carbocycles. The topological polar surface area (TPSA) is 104 Å². The maximum absolute atomic E-state index is 12.2. The zero-order chi connectivity index (χ0) is 17.1. The van der Waals surface area contributed by atoms with E-state index in [-0.39, 0.29) is 18.5 Å². The SMILES string of the molecule is COc1ccccc1[C@H]1C(C(C)=O)=C(O)C(=O)N1CCC(=O)O. The highest BCUT2D eigenvalue weighted by molar-refractivity contribution is 6.08. The second-order valence-electron chi connectivity index (χ2n) is 5.11. The van der Waals surface area contributed by atoms with E-state index in [9.17, 15) is 19.5 Å². The number of hydrogen-bond donors (Lipinski definition) is 2. The van der Waals surface area contributed by atoms with Gasteiger partial charge in [-0.05, 0) is 13.0 Å². The van der Waals surface area contributed by atoms with Crippen molar-refractivity contribution in [2.75, 3.05) is 13.7 Å². The Bertz CT molecular complexity index is 694. The van der Waals surface area contributed by atoms with Gasteiger partial charge in [0, 0.05) is 12.1 Å². The van der Waals surface area contributed by atoms with Crippen molar-refractivity contribution >= 4 is 17.7 Å². The molecule has 1 aliphatic heterocycles. The predicted molar refractivity (Wildman–Crippen MR) is 80.0 cm³/mol. The fourth-order valence-electron chi connectivity index (χ4n) is 2.68. The molecule has 0 aromatic heterocycles. The van der Waals surface area contributed by atoms with Crippen molar-refractivity contribution in [1.29, 1.82) is 0 Å². The highest BCUT2D eigenvalue weighted by Crippen LogP contribution is 2.41. The van der Waals surface area contributed by atoms with Crippen LogP contribution in [0.5, 0.6) is 5.75 Å². The number of nitrogens with zero attached hydrogens (tertiary/aromatic N) is 1. The number of ketones is 1. The number of benzene rings is 1. The van der Waals surface area contributed by atoms with E-state index in [1.54, 1.807) is 24.3 Å². The van der Waals surface area contributed by atoms with Gasteiger partial charge in [0.15, 0.2) is 11.5 Å². The molecule has 1 aliphatic rings. The van der Waals surface area contributed by atoms with Crippen LogP contribution >= 0.6 is 0 Å². The molecule has 0 bridgehead atoms. The van der Waals surface area contributed by atoms with E-state index in [4.69, 9.17) is 9.84 Å². The fraction of sp³-hybridized carbons (Fsp3) is 0.312. The summed E-state index contributed by atoms with van der Waals surface area (Å²) in [5.41, 5.74) is 0.466. The number of aliphatic hydroxyl groups is 1. The van der Waals surface area contributed by atoms with Crippen LogP contribution in [0.4, 0.5) is 0 Å². The van der Waals surface area contributed by atoms with Crippen LogP contribution in [0, 0.1) is 0 Å². The summed E-state index contributed by atoms with van der Waals surface area (Å²) in [6, 6.07) is 5.92. The monoisotopic (exact) mass is 319 g/mol. The molecule has 2 rings (SSSR count). The Balaban J connectivity index is 2.53. The van der Waals surface area contributed by atoms with E-state index < -0.39 is 29.5 Å². The molecule has 0 fully saturated rings. The lowest BCUT2D eigenvalue weighted by molar-refractivity contribution is -0.138. The minimum atomic E-state index is -1.08. The van der Waals surface area contributed by atoms with Crippen LogP contribution in [-0.4, -0.2) is 46.4 Å². The molecule has 1 aromatic rings. The van der Waals surface area contributed by atoms with Crippen molar-refractivity contribution < 1.29 is 29.3 Å². The van der Waals surface area contributed by atoms with Gasteiger partial charge in [-0.2, -0.15) is 0 Å². The van der Waals surface area contributed by atoms with Gasteiger partial charge in [0.25, 0.3) is 5.91 Å². The Labute approximate surface area is 132 Å². The summed E-state index contributed by atoms with van der Waals surface area (Å²) in [7, 11) is 1.45. The summed E-state index contributed by atoms with van der Waals surface area (Å²) in [5.74, 6) is -2.48. The molecule has 1 aromatic carbocycles. The number of carbonyl (C=O) groups is 3. The molecule has 0 radical (unpaired) electrons. The van der Waals surface area contributed by atoms with Crippen LogP contribution in [-0.2, 0) is 14.4 Å². The Kier molecular flexibility index (Phi) is 4.68. The number of Topliss-reactive ketones (excluding diaryl/α,β-unsaturated/α-hetero) is 1. The van der Waals surface area contributed by atoms with E-state index in [2.05, 4.69) is 0 Å². The number of hydrogen-bond acceptors (Lipinski definition) is 5. The predicted octanol–water partition coefficient (Wildman–Crippen LogP) is 1.45. The van der Waals surface area contributed by atoms with Gasteiger partial charge in [0.05, 0.1) is 25.1 Å². The molecular weight excluding hydrogens is 302 g/mol. The third-order valence-electron chi connectivity index (χ3n) is 3.68. The molecular formula is C16H17NO6. The number of amides is 1. The first kappa shape index (κ1) is 16.5.